The first-order chi connectivity index (χ1) is 30.5. The Hall–Kier alpha value is -6.24. The van der Waals surface area contributed by atoms with Crippen LogP contribution in [0.15, 0.2) is 194 Å². The predicted molar refractivity (Wildman–Crippen MR) is 230 cm³/mol. The predicted octanol–water partition coefficient (Wildman–Crippen LogP) is 14.3. The van der Waals surface area contributed by atoms with Crippen molar-refractivity contribution in [1.29, 1.82) is 0 Å². The molecule has 0 saturated heterocycles. The minimum absolute atomic E-state index is 0.135. The van der Waals surface area contributed by atoms with Gasteiger partial charge in [0.1, 0.15) is 0 Å². The fraction of sp³-hybridized carbons (Fsp3) is 0. The van der Waals surface area contributed by atoms with Crippen molar-refractivity contribution in [2.24, 2.45) is 0 Å². The second kappa shape index (κ2) is 12.2. The van der Waals surface area contributed by atoms with Crippen LogP contribution in [0.3, 0.4) is 0 Å². The zero-order valence-electron chi connectivity index (χ0n) is 38.1. The topological polar surface area (TPSA) is 0 Å². The third-order valence-electron chi connectivity index (χ3n) is 10.4. The molecule has 0 unspecified atom stereocenters. The van der Waals surface area contributed by atoms with E-state index in [0.29, 0.717) is 11.1 Å². The van der Waals surface area contributed by atoms with Gasteiger partial charge < -0.3 is 0 Å². The second-order valence-corrected chi connectivity index (χ2v) is 15.4. The molecule has 0 N–H and O–H groups in total. The van der Waals surface area contributed by atoms with Gasteiger partial charge in [-0.3, -0.25) is 0 Å². The average Bonchev–Trinajstić information content (AvgIpc) is 3.69. The van der Waals surface area contributed by atoms with Crippen LogP contribution >= 0.6 is 0 Å². The Morgan fingerprint density at radius 3 is 1.17 bits per heavy atom. The molecule has 0 atom stereocenters. The molecule has 0 nitrogen and oxygen atoms in total. The van der Waals surface area contributed by atoms with E-state index in [0.717, 1.165) is 76.1 Å². The summed E-state index contributed by atoms with van der Waals surface area (Å²) in [5.41, 5.74) is 5.74. The molecule has 0 bridgehead atoms. The van der Waals surface area contributed by atoms with E-state index < -0.39 is 12.1 Å². The molecule has 0 saturated carbocycles. The van der Waals surface area contributed by atoms with Crippen LogP contribution in [0.25, 0.3) is 107 Å². The Morgan fingerprint density at radius 2 is 0.717 bits per heavy atom. The molecule has 53 heavy (non-hydrogen) atoms. The van der Waals surface area contributed by atoms with Crippen LogP contribution in [0.1, 0.15) is 13.7 Å². The number of benzene rings is 10. The monoisotopic (exact) mass is 746 g/mol. The SMILES string of the molecule is [2H]c1c([2H])c([2H])c(-c2c3ccccc3c(-c3ccc4c(c3)[se]c3c(-c5c6ccccc6c(-c6c([2H])c([2H])c([2H])c([2H])c6[2H])c6ccccc56)cccc34)c3ccccc23)c([2H])c1[2H]. The molecule has 11 rings (SSSR count). The number of hydrogen-bond acceptors (Lipinski definition) is 0. The Bertz CT molecular complexity index is 3640. The fourth-order valence-corrected chi connectivity index (χ4v) is 10.9. The van der Waals surface area contributed by atoms with Crippen molar-refractivity contribution in [3.05, 3.63) is 194 Å². The first kappa shape index (κ1) is 22.0. The summed E-state index contributed by atoms with van der Waals surface area (Å²) in [4.78, 5) is 0. The zero-order valence-corrected chi connectivity index (χ0v) is 29.8. The summed E-state index contributed by atoms with van der Waals surface area (Å²) in [6.07, 6.45) is 0. The van der Waals surface area contributed by atoms with Gasteiger partial charge in [-0.25, -0.2) is 0 Å². The zero-order chi connectivity index (χ0) is 43.6. The molecular formula is C52H32Se. The van der Waals surface area contributed by atoms with Gasteiger partial charge in [0.15, 0.2) is 0 Å². The maximum atomic E-state index is 8.97. The molecule has 0 spiro atoms. The Kier molecular flexibility index (Phi) is 5.05. The molecule has 0 aliphatic carbocycles. The van der Waals surface area contributed by atoms with Crippen molar-refractivity contribution in [3.8, 4) is 44.5 Å². The molecule has 1 heteroatoms. The minimum atomic E-state index is -0.421. The summed E-state index contributed by atoms with van der Waals surface area (Å²) >= 11 is -0.135. The molecule has 10 aromatic carbocycles. The van der Waals surface area contributed by atoms with E-state index in [2.05, 4.69) is 48.5 Å². The van der Waals surface area contributed by atoms with Crippen LogP contribution in [-0.2, 0) is 0 Å². The molecule has 0 fully saturated rings. The van der Waals surface area contributed by atoms with Gasteiger partial charge >= 0.3 is 329 Å². The molecular weight excluding hydrogens is 704 g/mol. The molecule has 0 amide bonds. The fourth-order valence-electron chi connectivity index (χ4n) is 8.30. The molecule has 1 heterocycles. The van der Waals surface area contributed by atoms with Crippen LogP contribution in [0, 0.1) is 0 Å². The summed E-state index contributed by atoms with van der Waals surface area (Å²) in [7, 11) is 0. The summed E-state index contributed by atoms with van der Waals surface area (Å²) in [5.74, 6) is 0. The van der Waals surface area contributed by atoms with Gasteiger partial charge in [-0.2, -0.15) is 0 Å². The number of rotatable bonds is 4. The maximum absolute atomic E-state index is 8.97. The van der Waals surface area contributed by atoms with Gasteiger partial charge in [-0.05, 0) is 0 Å². The summed E-state index contributed by atoms with van der Waals surface area (Å²) in [6.45, 7) is 0. The van der Waals surface area contributed by atoms with E-state index >= 15 is 0 Å². The van der Waals surface area contributed by atoms with Gasteiger partial charge in [0.2, 0.25) is 0 Å². The number of fused-ring (bicyclic) bond motifs is 7. The van der Waals surface area contributed by atoms with E-state index in [9.17, 15) is 0 Å². The van der Waals surface area contributed by atoms with E-state index in [-0.39, 0.29) is 74.0 Å². The van der Waals surface area contributed by atoms with Crippen molar-refractivity contribution < 1.29 is 13.7 Å². The molecule has 11 aromatic rings. The van der Waals surface area contributed by atoms with E-state index in [1.807, 2.05) is 84.9 Å². The van der Waals surface area contributed by atoms with Crippen LogP contribution in [0.4, 0.5) is 0 Å². The normalized spacial score (nSPS) is 14.4. The quantitative estimate of drug-likeness (QED) is 0.124. The second-order valence-electron chi connectivity index (χ2n) is 13.2. The summed E-state index contributed by atoms with van der Waals surface area (Å²) < 4.78 is 88.8. The van der Waals surface area contributed by atoms with Crippen LogP contribution < -0.4 is 0 Å². The third kappa shape index (κ3) is 4.69. The molecule has 246 valence electrons. The Labute approximate surface area is 328 Å². The van der Waals surface area contributed by atoms with Crippen molar-refractivity contribution >= 4 is 76.9 Å². The van der Waals surface area contributed by atoms with Gasteiger partial charge in [0.25, 0.3) is 0 Å². The number of hydrogen-bond donors (Lipinski definition) is 0. The Morgan fingerprint density at radius 1 is 0.321 bits per heavy atom. The first-order valence-corrected chi connectivity index (χ1v) is 19.2. The first-order valence-electron chi connectivity index (χ1n) is 22.4. The van der Waals surface area contributed by atoms with Gasteiger partial charge in [0.05, 0.1) is 0 Å². The van der Waals surface area contributed by atoms with Crippen molar-refractivity contribution in [1.82, 2.24) is 0 Å². The van der Waals surface area contributed by atoms with Gasteiger partial charge in [0, 0.05) is 0 Å². The van der Waals surface area contributed by atoms with Gasteiger partial charge in [-0.1, -0.05) is 0 Å². The molecule has 1 aromatic heterocycles. The molecule has 0 aliphatic rings. The van der Waals surface area contributed by atoms with E-state index in [1.54, 1.807) is 0 Å². The average molecular weight is 746 g/mol. The van der Waals surface area contributed by atoms with E-state index in [4.69, 9.17) is 13.7 Å². The molecule has 0 aliphatic heterocycles. The Balaban J connectivity index is 1.17. The summed E-state index contributed by atoms with van der Waals surface area (Å²) in [6, 6.07) is 41.6. The van der Waals surface area contributed by atoms with Crippen molar-refractivity contribution in [2.45, 2.75) is 0 Å². The van der Waals surface area contributed by atoms with E-state index in [1.165, 1.54) is 8.52 Å². The molecule has 0 radical (unpaired) electrons. The van der Waals surface area contributed by atoms with Crippen LogP contribution in [0.2, 0.25) is 0 Å². The van der Waals surface area contributed by atoms with Crippen molar-refractivity contribution in [2.75, 3.05) is 0 Å². The summed E-state index contributed by atoms with van der Waals surface area (Å²) in [5, 5.41) is 9.20. The van der Waals surface area contributed by atoms with Crippen LogP contribution in [0.5, 0.6) is 0 Å². The van der Waals surface area contributed by atoms with Crippen molar-refractivity contribution in [3.63, 3.8) is 0 Å². The van der Waals surface area contributed by atoms with Crippen LogP contribution in [-0.4, -0.2) is 14.5 Å². The van der Waals surface area contributed by atoms with Gasteiger partial charge in [-0.15, -0.1) is 0 Å². The standard InChI is InChI=1S/C52H32Se/c1-3-16-33(17-4-1)48-37-20-7-9-22-39(37)50(40-23-10-8-21-38(40)48)35-30-31-36-45-28-15-29-46(52(45)53-47(36)32-35)51-43-26-13-11-24-41(43)49(34-18-5-2-6-19-34)42-25-12-14-27-44(42)51/h1-32H/i1D,2D,3D,4D,5D,6D,16D,17D,18D,19D. The third-order valence-corrected chi connectivity index (χ3v) is 12.9.